The Hall–Kier alpha value is -0.610. The molecule has 0 spiro atoms. The Balaban J connectivity index is 1.79. The molecule has 2 heterocycles. The molecule has 1 N–H and O–H groups in total. The van der Waals surface area contributed by atoms with Crippen molar-refractivity contribution in [2.45, 2.75) is 38.6 Å². The Kier molecular flexibility index (Phi) is 5.01. The SMILES string of the molecule is CCCN1CCC(N(C)C(=O)C2CCNC2)CC1. The summed E-state index contributed by atoms with van der Waals surface area (Å²) in [4.78, 5) is 16.9. The molecule has 1 unspecified atom stereocenters. The topological polar surface area (TPSA) is 35.6 Å². The first-order valence-electron chi connectivity index (χ1n) is 7.42. The molecule has 2 aliphatic rings. The molecule has 2 saturated heterocycles. The molecule has 4 nitrogen and oxygen atoms in total. The van der Waals surface area contributed by atoms with E-state index in [1.165, 1.54) is 13.0 Å². The maximum atomic E-state index is 12.3. The number of piperidine rings is 1. The van der Waals surface area contributed by atoms with Gasteiger partial charge < -0.3 is 15.1 Å². The van der Waals surface area contributed by atoms with E-state index in [1.54, 1.807) is 0 Å². The third-order valence-electron chi connectivity index (χ3n) is 4.40. The van der Waals surface area contributed by atoms with Crippen LogP contribution in [0.25, 0.3) is 0 Å². The highest BCUT2D eigenvalue weighted by molar-refractivity contribution is 5.79. The average molecular weight is 253 g/mol. The van der Waals surface area contributed by atoms with Gasteiger partial charge in [0, 0.05) is 32.7 Å². The van der Waals surface area contributed by atoms with Crippen molar-refractivity contribution in [3.63, 3.8) is 0 Å². The summed E-state index contributed by atoms with van der Waals surface area (Å²) in [6.07, 6.45) is 4.52. The number of amides is 1. The second-order valence-electron chi connectivity index (χ2n) is 5.71. The first-order valence-corrected chi connectivity index (χ1v) is 7.42. The van der Waals surface area contributed by atoms with Crippen LogP contribution in [0.2, 0.25) is 0 Å². The van der Waals surface area contributed by atoms with Crippen molar-refractivity contribution in [2.75, 3.05) is 39.8 Å². The van der Waals surface area contributed by atoms with Gasteiger partial charge in [-0.15, -0.1) is 0 Å². The van der Waals surface area contributed by atoms with Crippen LogP contribution in [0.1, 0.15) is 32.6 Å². The Morgan fingerprint density at radius 1 is 1.33 bits per heavy atom. The van der Waals surface area contributed by atoms with Gasteiger partial charge in [0.2, 0.25) is 5.91 Å². The average Bonchev–Trinajstić information content (AvgIpc) is 2.92. The van der Waals surface area contributed by atoms with E-state index in [-0.39, 0.29) is 5.92 Å². The van der Waals surface area contributed by atoms with Crippen LogP contribution in [0.4, 0.5) is 0 Å². The summed E-state index contributed by atoms with van der Waals surface area (Å²) >= 11 is 0. The lowest BCUT2D eigenvalue weighted by atomic mass is 10.0. The smallest absolute Gasteiger partial charge is 0.227 e. The predicted octanol–water partition coefficient (Wildman–Crippen LogP) is 0.929. The van der Waals surface area contributed by atoms with Crippen molar-refractivity contribution in [3.05, 3.63) is 0 Å². The van der Waals surface area contributed by atoms with E-state index < -0.39 is 0 Å². The molecule has 0 radical (unpaired) electrons. The van der Waals surface area contributed by atoms with Crippen LogP contribution in [0, 0.1) is 5.92 Å². The van der Waals surface area contributed by atoms with Crippen molar-refractivity contribution in [3.8, 4) is 0 Å². The van der Waals surface area contributed by atoms with E-state index >= 15 is 0 Å². The second-order valence-corrected chi connectivity index (χ2v) is 5.71. The molecular formula is C14H27N3O. The molecule has 2 fully saturated rings. The summed E-state index contributed by atoms with van der Waals surface area (Å²) in [5.41, 5.74) is 0. The van der Waals surface area contributed by atoms with Crippen LogP contribution < -0.4 is 5.32 Å². The fourth-order valence-electron chi connectivity index (χ4n) is 3.18. The first kappa shape index (κ1) is 13.8. The van der Waals surface area contributed by atoms with Crippen molar-refractivity contribution >= 4 is 5.91 Å². The monoisotopic (exact) mass is 253 g/mol. The number of hydrogen-bond acceptors (Lipinski definition) is 3. The third-order valence-corrected chi connectivity index (χ3v) is 4.40. The van der Waals surface area contributed by atoms with E-state index in [1.807, 2.05) is 11.9 Å². The maximum Gasteiger partial charge on any atom is 0.227 e. The fraction of sp³-hybridized carbons (Fsp3) is 0.929. The normalized spacial score (nSPS) is 26.4. The summed E-state index contributed by atoms with van der Waals surface area (Å²) in [6, 6.07) is 0.464. The maximum absolute atomic E-state index is 12.3. The lowest BCUT2D eigenvalue weighted by Crippen LogP contribution is -2.47. The molecule has 4 heteroatoms. The molecule has 0 aromatic carbocycles. The largest absolute Gasteiger partial charge is 0.342 e. The van der Waals surface area contributed by atoms with E-state index in [0.29, 0.717) is 11.9 Å². The quantitative estimate of drug-likeness (QED) is 0.809. The van der Waals surface area contributed by atoms with Crippen molar-refractivity contribution < 1.29 is 4.79 Å². The zero-order valence-electron chi connectivity index (χ0n) is 11.8. The minimum absolute atomic E-state index is 0.226. The Morgan fingerprint density at radius 2 is 2.06 bits per heavy atom. The molecular weight excluding hydrogens is 226 g/mol. The van der Waals surface area contributed by atoms with Gasteiger partial charge in [-0.3, -0.25) is 4.79 Å². The Labute approximate surface area is 111 Å². The predicted molar refractivity (Wildman–Crippen MR) is 73.5 cm³/mol. The molecule has 0 aromatic rings. The minimum Gasteiger partial charge on any atom is -0.342 e. The summed E-state index contributed by atoms with van der Waals surface area (Å²) in [5.74, 6) is 0.581. The molecule has 0 aromatic heterocycles. The van der Waals surface area contributed by atoms with Crippen LogP contribution in [-0.2, 0) is 4.79 Å². The van der Waals surface area contributed by atoms with Gasteiger partial charge in [0.1, 0.15) is 0 Å². The van der Waals surface area contributed by atoms with Gasteiger partial charge in [-0.1, -0.05) is 6.92 Å². The van der Waals surface area contributed by atoms with Gasteiger partial charge in [0.25, 0.3) is 0 Å². The van der Waals surface area contributed by atoms with Crippen molar-refractivity contribution in [1.82, 2.24) is 15.1 Å². The van der Waals surface area contributed by atoms with Gasteiger partial charge in [-0.05, 0) is 38.8 Å². The molecule has 0 aliphatic carbocycles. The number of nitrogens with one attached hydrogen (secondary N) is 1. The highest BCUT2D eigenvalue weighted by atomic mass is 16.2. The van der Waals surface area contributed by atoms with Crippen molar-refractivity contribution in [1.29, 1.82) is 0 Å². The van der Waals surface area contributed by atoms with Gasteiger partial charge >= 0.3 is 0 Å². The summed E-state index contributed by atoms with van der Waals surface area (Å²) in [7, 11) is 2.00. The van der Waals surface area contributed by atoms with Crippen LogP contribution in [0.5, 0.6) is 0 Å². The molecule has 1 amide bonds. The van der Waals surface area contributed by atoms with E-state index in [9.17, 15) is 4.79 Å². The molecule has 2 rings (SSSR count). The highest BCUT2D eigenvalue weighted by Gasteiger charge is 2.30. The van der Waals surface area contributed by atoms with Crippen LogP contribution in [-0.4, -0.2) is 61.5 Å². The lowest BCUT2D eigenvalue weighted by molar-refractivity contribution is -0.136. The van der Waals surface area contributed by atoms with Crippen molar-refractivity contribution in [2.24, 2.45) is 5.92 Å². The molecule has 2 aliphatic heterocycles. The molecule has 18 heavy (non-hydrogen) atoms. The van der Waals surface area contributed by atoms with Gasteiger partial charge in [0.15, 0.2) is 0 Å². The molecule has 104 valence electrons. The van der Waals surface area contributed by atoms with Crippen LogP contribution >= 0.6 is 0 Å². The second kappa shape index (κ2) is 6.53. The molecule has 0 saturated carbocycles. The van der Waals surface area contributed by atoms with E-state index in [0.717, 1.165) is 45.4 Å². The summed E-state index contributed by atoms with van der Waals surface area (Å²) in [5, 5.41) is 3.28. The van der Waals surface area contributed by atoms with Gasteiger partial charge in [0.05, 0.1) is 5.92 Å². The number of rotatable bonds is 4. The summed E-state index contributed by atoms with van der Waals surface area (Å²) in [6.45, 7) is 7.61. The molecule has 0 bridgehead atoms. The van der Waals surface area contributed by atoms with Gasteiger partial charge in [-0.2, -0.15) is 0 Å². The lowest BCUT2D eigenvalue weighted by Gasteiger charge is -2.37. The zero-order valence-corrected chi connectivity index (χ0v) is 11.8. The van der Waals surface area contributed by atoms with Crippen LogP contribution in [0.3, 0.4) is 0 Å². The Bertz CT molecular complexity index is 268. The third kappa shape index (κ3) is 3.23. The zero-order chi connectivity index (χ0) is 13.0. The molecule has 1 atom stereocenters. The highest BCUT2D eigenvalue weighted by Crippen LogP contribution is 2.19. The standard InChI is InChI=1S/C14H27N3O/c1-3-8-17-9-5-13(6-10-17)16(2)14(18)12-4-7-15-11-12/h12-13,15H,3-11H2,1-2H3. The number of likely N-dealkylation sites (tertiary alicyclic amines) is 1. The first-order chi connectivity index (χ1) is 8.72. The number of nitrogens with zero attached hydrogens (tertiary/aromatic N) is 2. The number of carbonyl (C=O) groups is 1. The van der Waals surface area contributed by atoms with E-state index in [4.69, 9.17) is 0 Å². The minimum atomic E-state index is 0.226. The fourth-order valence-corrected chi connectivity index (χ4v) is 3.18. The van der Waals surface area contributed by atoms with Gasteiger partial charge in [-0.25, -0.2) is 0 Å². The number of carbonyl (C=O) groups excluding carboxylic acids is 1. The summed E-state index contributed by atoms with van der Waals surface area (Å²) < 4.78 is 0. The van der Waals surface area contributed by atoms with E-state index in [2.05, 4.69) is 17.1 Å². The number of hydrogen-bond donors (Lipinski definition) is 1. The van der Waals surface area contributed by atoms with Crippen LogP contribution in [0.15, 0.2) is 0 Å². The Morgan fingerprint density at radius 3 is 2.61 bits per heavy atom.